The molecule has 2 rings (SSSR count). The first kappa shape index (κ1) is 12.9. The van der Waals surface area contributed by atoms with E-state index in [1.807, 2.05) is 6.92 Å². The van der Waals surface area contributed by atoms with Crippen LogP contribution in [-0.4, -0.2) is 41.2 Å². The largest absolute Gasteiger partial charge is 0.460 e. The second-order valence-electron chi connectivity index (χ2n) is 4.52. The Hall–Kier alpha value is -1.59. The Morgan fingerprint density at radius 1 is 1.28 bits per heavy atom. The molecular weight excluding hydrogens is 230 g/mol. The molecule has 6 heteroatoms. The Morgan fingerprint density at radius 2 is 2.00 bits per heavy atom. The van der Waals surface area contributed by atoms with Crippen LogP contribution in [0.3, 0.4) is 0 Å². The molecule has 1 unspecified atom stereocenters. The van der Waals surface area contributed by atoms with E-state index in [2.05, 4.69) is 32.1 Å². The van der Waals surface area contributed by atoms with Crippen molar-refractivity contribution in [2.45, 2.75) is 39.2 Å². The van der Waals surface area contributed by atoms with E-state index >= 15 is 0 Å². The minimum absolute atomic E-state index is 0.114. The van der Waals surface area contributed by atoms with Gasteiger partial charge in [-0.05, 0) is 26.2 Å². The molecule has 0 spiro atoms. The molecule has 1 N–H and O–H groups in total. The number of hydrogen-bond acceptors (Lipinski definition) is 6. The van der Waals surface area contributed by atoms with Gasteiger partial charge < -0.3 is 15.0 Å². The molecule has 2 heterocycles. The molecule has 0 amide bonds. The van der Waals surface area contributed by atoms with E-state index in [0.717, 1.165) is 19.5 Å². The van der Waals surface area contributed by atoms with Crippen molar-refractivity contribution in [2.24, 2.45) is 0 Å². The second kappa shape index (κ2) is 5.84. The summed E-state index contributed by atoms with van der Waals surface area (Å²) in [7, 11) is 1.80. The lowest BCUT2D eigenvalue weighted by Gasteiger charge is -2.17. The molecule has 1 saturated heterocycles. The fourth-order valence-electron chi connectivity index (χ4n) is 1.83. The second-order valence-corrected chi connectivity index (χ2v) is 4.52. The van der Waals surface area contributed by atoms with Crippen molar-refractivity contribution < 1.29 is 4.74 Å². The van der Waals surface area contributed by atoms with Crippen molar-refractivity contribution in [3.63, 3.8) is 0 Å². The van der Waals surface area contributed by atoms with E-state index < -0.39 is 0 Å². The molecule has 0 aliphatic carbocycles. The maximum atomic E-state index is 5.68. The number of ether oxygens (including phenoxy) is 1. The quantitative estimate of drug-likeness (QED) is 0.859. The Labute approximate surface area is 108 Å². The van der Waals surface area contributed by atoms with Gasteiger partial charge in [0.25, 0.3) is 0 Å². The number of aromatic nitrogens is 3. The fourth-order valence-corrected chi connectivity index (χ4v) is 1.83. The average Bonchev–Trinajstić information content (AvgIpc) is 2.92. The zero-order valence-electron chi connectivity index (χ0n) is 11.3. The van der Waals surface area contributed by atoms with Crippen molar-refractivity contribution in [1.29, 1.82) is 0 Å². The van der Waals surface area contributed by atoms with Gasteiger partial charge in [0.05, 0.1) is 6.10 Å². The average molecular weight is 251 g/mol. The summed E-state index contributed by atoms with van der Waals surface area (Å²) in [5.74, 6) is 1.27. The molecule has 1 aromatic heterocycles. The zero-order chi connectivity index (χ0) is 13.0. The minimum atomic E-state index is 0.114. The Kier molecular flexibility index (Phi) is 4.17. The van der Waals surface area contributed by atoms with Crippen molar-refractivity contribution >= 4 is 11.9 Å². The van der Waals surface area contributed by atoms with Gasteiger partial charge in [0.1, 0.15) is 0 Å². The van der Waals surface area contributed by atoms with E-state index in [4.69, 9.17) is 4.74 Å². The van der Waals surface area contributed by atoms with Crippen LogP contribution in [0.5, 0.6) is 6.01 Å². The number of rotatable bonds is 5. The highest BCUT2D eigenvalue weighted by Gasteiger charge is 2.18. The predicted octanol–water partition coefficient (Wildman–Crippen LogP) is 1.69. The number of anilines is 2. The van der Waals surface area contributed by atoms with Gasteiger partial charge in [-0.1, -0.05) is 6.92 Å². The SMILES string of the molecule is CCC(C)Oc1nc(NC)nc(N2CCCC2)n1. The fraction of sp³-hybridized carbons (Fsp3) is 0.750. The van der Waals surface area contributed by atoms with Crippen LogP contribution in [0.15, 0.2) is 0 Å². The molecule has 0 bridgehead atoms. The monoisotopic (exact) mass is 251 g/mol. The van der Waals surface area contributed by atoms with E-state index in [9.17, 15) is 0 Å². The van der Waals surface area contributed by atoms with E-state index in [1.54, 1.807) is 7.05 Å². The molecule has 1 aromatic rings. The molecule has 1 atom stereocenters. The van der Waals surface area contributed by atoms with Gasteiger partial charge in [0, 0.05) is 20.1 Å². The summed E-state index contributed by atoms with van der Waals surface area (Å²) < 4.78 is 5.68. The number of hydrogen-bond donors (Lipinski definition) is 1. The third-order valence-electron chi connectivity index (χ3n) is 3.10. The molecule has 18 heavy (non-hydrogen) atoms. The minimum Gasteiger partial charge on any atom is -0.460 e. The van der Waals surface area contributed by atoms with Gasteiger partial charge >= 0.3 is 6.01 Å². The Bertz CT molecular complexity index is 392. The normalized spacial score (nSPS) is 16.7. The summed E-state index contributed by atoms with van der Waals surface area (Å²) in [6.45, 7) is 6.11. The third-order valence-corrected chi connectivity index (χ3v) is 3.10. The highest BCUT2D eigenvalue weighted by atomic mass is 16.5. The van der Waals surface area contributed by atoms with Gasteiger partial charge in [-0.2, -0.15) is 15.0 Å². The molecule has 100 valence electrons. The van der Waals surface area contributed by atoms with Crippen LogP contribution in [0.2, 0.25) is 0 Å². The van der Waals surface area contributed by atoms with Crippen molar-refractivity contribution in [2.75, 3.05) is 30.4 Å². The van der Waals surface area contributed by atoms with E-state index in [-0.39, 0.29) is 6.10 Å². The summed E-state index contributed by atoms with van der Waals surface area (Å²) in [6, 6.07) is 0.408. The highest BCUT2D eigenvalue weighted by molar-refractivity contribution is 5.38. The van der Waals surface area contributed by atoms with Crippen molar-refractivity contribution in [3.8, 4) is 6.01 Å². The summed E-state index contributed by atoms with van der Waals surface area (Å²) in [5.41, 5.74) is 0. The summed E-state index contributed by atoms with van der Waals surface area (Å²) >= 11 is 0. The van der Waals surface area contributed by atoms with E-state index in [0.29, 0.717) is 17.9 Å². The summed E-state index contributed by atoms with van der Waals surface area (Å²) in [5, 5.41) is 2.95. The number of nitrogens with zero attached hydrogens (tertiary/aromatic N) is 4. The van der Waals surface area contributed by atoms with Gasteiger partial charge in [-0.15, -0.1) is 0 Å². The van der Waals surface area contributed by atoms with Gasteiger partial charge in [-0.25, -0.2) is 0 Å². The molecule has 0 radical (unpaired) electrons. The third kappa shape index (κ3) is 3.00. The zero-order valence-corrected chi connectivity index (χ0v) is 11.3. The molecule has 0 aromatic carbocycles. The molecule has 0 saturated carbocycles. The maximum Gasteiger partial charge on any atom is 0.323 e. The molecule has 1 aliphatic heterocycles. The lowest BCUT2D eigenvalue weighted by atomic mass is 10.3. The Balaban J connectivity index is 2.20. The predicted molar refractivity (Wildman–Crippen MR) is 71.2 cm³/mol. The van der Waals surface area contributed by atoms with Crippen LogP contribution in [-0.2, 0) is 0 Å². The van der Waals surface area contributed by atoms with Crippen LogP contribution in [0, 0.1) is 0 Å². The highest BCUT2D eigenvalue weighted by Crippen LogP contribution is 2.20. The van der Waals surface area contributed by atoms with Crippen LogP contribution >= 0.6 is 0 Å². The molecule has 1 fully saturated rings. The van der Waals surface area contributed by atoms with Crippen LogP contribution in [0.1, 0.15) is 33.1 Å². The van der Waals surface area contributed by atoms with Gasteiger partial charge in [0.15, 0.2) is 0 Å². The van der Waals surface area contributed by atoms with Gasteiger partial charge in [0.2, 0.25) is 11.9 Å². The first-order chi connectivity index (χ1) is 8.72. The lowest BCUT2D eigenvalue weighted by Crippen LogP contribution is -2.22. The smallest absolute Gasteiger partial charge is 0.323 e. The van der Waals surface area contributed by atoms with Crippen LogP contribution in [0.25, 0.3) is 0 Å². The standard InChI is InChI=1S/C12H21N5O/c1-4-9(2)18-12-15-10(13-3)14-11(16-12)17-7-5-6-8-17/h9H,4-8H2,1-3H3,(H,13,14,15,16). The van der Waals surface area contributed by atoms with Crippen LogP contribution < -0.4 is 15.0 Å². The maximum absolute atomic E-state index is 5.68. The summed E-state index contributed by atoms with van der Waals surface area (Å²) in [6.07, 6.45) is 3.44. The topological polar surface area (TPSA) is 63.2 Å². The summed E-state index contributed by atoms with van der Waals surface area (Å²) in [4.78, 5) is 15.2. The molecular formula is C12H21N5O. The number of nitrogens with one attached hydrogen (secondary N) is 1. The molecule has 6 nitrogen and oxygen atoms in total. The van der Waals surface area contributed by atoms with Crippen molar-refractivity contribution in [3.05, 3.63) is 0 Å². The lowest BCUT2D eigenvalue weighted by molar-refractivity contribution is 0.199. The first-order valence-corrected chi connectivity index (χ1v) is 6.58. The van der Waals surface area contributed by atoms with Crippen LogP contribution in [0.4, 0.5) is 11.9 Å². The van der Waals surface area contributed by atoms with E-state index in [1.165, 1.54) is 12.8 Å². The first-order valence-electron chi connectivity index (χ1n) is 6.58. The van der Waals surface area contributed by atoms with Crippen molar-refractivity contribution in [1.82, 2.24) is 15.0 Å². The molecule has 1 aliphatic rings. The Morgan fingerprint density at radius 3 is 2.61 bits per heavy atom. The van der Waals surface area contributed by atoms with Gasteiger partial charge in [-0.3, -0.25) is 0 Å².